The third kappa shape index (κ3) is 4.10. The number of anilines is 1. The molecule has 1 atom stereocenters. The van der Waals surface area contributed by atoms with Crippen molar-refractivity contribution in [1.82, 2.24) is 0 Å². The van der Waals surface area contributed by atoms with E-state index in [0.717, 1.165) is 32.1 Å². The molecule has 0 saturated heterocycles. The van der Waals surface area contributed by atoms with Crippen LogP contribution in [0.25, 0.3) is 0 Å². The van der Waals surface area contributed by atoms with Gasteiger partial charge in [-0.15, -0.1) is 0 Å². The highest BCUT2D eigenvalue weighted by Gasteiger charge is 2.43. The molecule has 0 bridgehead atoms. The lowest BCUT2D eigenvalue weighted by molar-refractivity contribution is -0.145. The number of nitrogens with one attached hydrogen (secondary N) is 1. The fraction of sp³-hybridized carbons (Fsp3) is 0.529. The second-order valence-corrected chi connectivity index (χ2v) is 7.23. The average molecular weight is 386 g/mol. The van der Waals surface area contributed by atoms with E-state index in [1.807, 2.05) is 0 Å². The number of hydrogen-bond donors (Lipinski definition) is 2. The van der Waals surface area contributed by atoms with Gasteiger partial charge >= 0.3 is 5.97 Å². The van der Waals surface area contributed by atoms with Crippen LogP contribution in [0.5, 0.6) is 0 Å². The molecule has 0 aliphatic heterocycles. The van der Waals surface area contributed by atoms with Gasteiger partial charge in [0, 0.05) is 4.47 Å². The number of amides is 1. The molecule has 0 radical (unpaired) electrons. The standard InChI is InChI=1S/C17H21BrFNO3/c1-17(10-14(21)22,11-6-3-2-4-7-11)16(23)20-15-12(18)8-5-9-13(15)19/h5,8-9,11H,2-4,6-7,10H2,1H3,(H,20,23)(H,21,22). The van der Waals surface area contributed by atoms with E-state index in [9.17, 15) is 19.1 Å². The third-order valence-electron chi connectivity index (χ3n) is 4.74. The molecule has 1 saturated carbocycles. The maximum atomic E-state index is 13.9. The van der Waals surface area contributed by atoms with Crippen molar-refractivity contribution in [3.8, 4) is 0 Å². The molecule has 6 heteroatoms. The molecule has 1 aromatic rings. The van der Waals surface area contributed by atoms with Crippen molar-refractivity contribution in [2.45, 2.75) is 45.4 Å². The quantitative estimate of drug-likeness (QED) is 0.778. The fourth-order valence-electron chi connectivity index (χ4n) is 3.34. The molecule has 1 unspecified atom stereocenters. The van der Waals surface area contributed by atoms with Crippen LogP contribution in [-0.2, 0) is 9.59 Å². The Balaban J connectivity index is 2.27. The van der Waals surface area contributed by atoms with Crippen molar-refractivity contribution in [2.75, 3.05) is 5.32 Å². The number of halogens is 2. The maximum absolute atomic E-state index is 13.9. The van der Waals surface area contributed by atoms with Gasteiger partial charge in [-0.3, -0.25) is 9.59 Å². The van der Waals surface area contributed by atoms with Crippen molar-refractivity contribution in [1.29, 1.82) is 0 Å². The smallest absolute Gasteiger partial charge is 0.304 e. The van der Waals surface area contributed by atoms with Gasteiger partial charge in [-0.25, -0.2) is 4.39 Å². The van der Waals surface area contributed by atoms with E-state index in [0.29, 0.717) is 4.47 Å². The summed E-state index contributed by atoms with van der Waals surface area (Å²) in [7, 11) is 0. The van der Waals surface area contributed by atoms with Gasteiger partial charge in [-0.2, -0.15) is 0 Å². The SMILES string of the molecule is CC(CC(=O)O)(C(=O)Nc1c(F)cccc1Br)C1CCCCC1. The zero-order chi connectivity index (χ0) is 17.0. The summed E-state index contributed by atoms with van der Waals surface area (Å²) in [6.45, 7) is 1.68. The largest absolute Gasteiger partial charge is 0.481 e. The monoisotopic (exact) mass is 385 g/mol. The number of rotatable bonds is 5. The number of para-hydroxylation sites is 1. The Morgan fingerprint density at radius 3 is 2.57 bits per heavy atom. The van der Waals surface area contributed by atoms with E-state index in [2.05, 4.69) is 21.2 Å². The number of carbonyl (C=O) groups is 2. The van der Waals surface area contributed by atoms with Crippen molar-refractivity contribution in [3.63, 3.8) is 0 Å². The Kier molecular flexibility index (Phi) is 5.79. The fourth-order valence-corrected chi connectivity index (χ4v) is 3.78. The number of carbonyl (C=O) groups excluding carboxylic acids is 1. The van der Waals surface area contributed by atoms with E-state index in [-0.39, 0.29) is 18.0 Å². The molecule has 2 N–H and O–H groups in total. The average Bonchev–Trinajstić information content (AvgIpc) is 2.51. The zero-order valence-electron chi connectivity index (χ0n) is 13.1. The van der Waals surface area contributed by atoms with Crippen molar-refractivity contribution >= 4 is 33.5 Å². The van der Waals surface area contributed by atoms with E-state index < -0.39 is 23.1 Å². The second-order valence-electron chi connectivity index (χ2n) is 6.37. The van der Waals surface area contributed by atoms with Gasteiger partial charge in [-0.05, 0) is 53.7 Å². The lowest BCUT2D eigenvalue weighted by atomic mass is 9.67. The first-order chi connectivity index (χ1) is 10.8. The molecule has 1 amide bonds. The summed E-state index contributed by atoms with van der Waals surface area (Å²) in [6, 6.07) is 4.43. The Hall–Kier alpha value is -1.43. The molecule has 0 heterocycles. The first-order valence-electron chi connectivity index (χ1n) is 7.82. The normalized spacial score (nSPS) is 18.2. The van der Waals surface area contributed by atoms with Crippen LogP contribution in [0, 0.1) is 17.2 Å². The summed E-state index contributed by atoms with van der Waals surface area (Å²) in [4.78, 5) is 24.1. The number of carboxylic acids is 1. The van der Waals surface area contributed by atoms with Gasteiger partial charge in [0.2, 0.25) is 5.91 Å². The minimum absolute atomic E-state index is 0.00195. The van der Waals surface area contributed by atoms with Gasteiger partial charge in [0.25, 0.3) is 0 Å². The molecule has 1 fully saturated rings. The zero-order valence-corrected chi connectivity index (χ0v) is 14.7. The Bertz CT molecular complexity index is 581. The second kappa shape index (κ2) is 7.43. The van der Waals surface area contributed by atoms with Crippen LogP contribution in [0.3, 0.4) is 0 Å². The van der Waals surface area contributed by atoms with Crippen molar-refractivity contribution in [3.05, 3.63) is 28.5 Å². The first-order valence-corrected chi connectivity index (χ1v) is 8.61. The van der Waals surface area contributed by atoms with Gasteiger partial charge in [0.1, 0.15) is 5.82 Å². The van der Waals surface area contributed by atoms with E-state index in [4.69, 9.17) is 0 Å². The lowest BCUT2D eigenvalue weighted by Crippen LogP contribution is -2.42. The Morgan fingerprint density at radius 2 is 2.00 bits per heavy atom. The molecular weight excluding hydrogens is 365 g/mol. The summed E-state index contributed by atoms with van der Waals surface area (Å²) in [6.07, 6.45) is 4.51. The number of carboxylic acid groups (broad SMARTS) is 1. The minimum Gasteiger partial charge on any atom is -0.481 e. The maximum Gasteiger partial charge on any atom is 0.304 e. The van der Waals surface area contributed by atoms with Gasteiger partial charge in [0.15, 0.2) is 0 Å². The van der Waals surface area contributed by atoms with Gasteiger partial charge in [-0.1, -0.05) is 25.3 Å². The Labute approximate surface area is 143 Å². The van der Waals surface area contributed by atoms with Crippen molar-refractivity contribution in [2.24, 2.45) is 11.3 Å². The lowest BCUT2D eigenvalue weighted by Gasteiger charge is -2.37. The van der Waals surface area contributed by atoms with Gasteiger partial charge < -0.3 is 10.4 Å². The minimum atomic E-state index is -1.05. The Morgan fingerprint density at radius 1 is 1.35 bits per heavy atom. The van der Waals surface area contributed by atoms with Crippen LogP contribution in [0.4, 0.5) is 10.1 Å². The van der Waals surface area contributed by atoms with Crippen LogP contribution in [0.2, 0.25) is 0 Å². The van der Waals surface area contributed by atoms with Gasteiger partial charge in [0.05, 0.1) is 17.5 Å². The van der Waals surface area contributed by atoms with E-state index in [1.165, 1.54) is 12.1 Å². The summed E-state index contributed by atoms with van der Waals surface area (Å²) < 4.78 is 14.4. The molecule has 0 aromatic heterocycles. The molecule has 1 aliphatic carbocycles. The van der Waals surface area contributed by atoms with Crippen LogP contribution in [0.15, 0.2) is 22.7 Å². The molecule has 1 aromatic carbocycles. The molecule has 2 rings (SSSR count). The highest BCUT2D eigenvalue weighted by Crippen LogP contribution is 2.42. The first kappa shape index (κ1) is 17.9. The highest BCUT2D eigenvalue weighted by atomic mass is 79.9. The number of aliphatic carboxylic acids is 1. The third-order valence-corrected chi connectivity index (χ3v) is 5.41. The summed E-state index contributed by atoms with van der Waals surface area (Å²) in [5.74, 6) is -2.00. The number of benzene rings is 1. The topological polar surface area (TPSA) is 66.4 Å². The van der Waals surface area contributed by atoms with Crippen LogP contribution in [-0.4, -0.2) is 17.0 Å². The predicted molar refractivity (Wildman–Crippen MR) is 89.7 cm³/mol. The molecular formula is C17H21BrFNO3. The molecule has 0 spiro atoms. The summed E-state index contributed by atoms with van der Waals surface area (Å²) in [5, 5.41) is 11.8. The van der Waals surface area contributed by atoms with E-state index >= 15 is 0 Å². The van der Waals surface area contributed by atoms with E-state index in [1.54, 1.807) is 13.0 Å². The summed E-state index contributed by atoms with van der Waals surface area (Å²) >= 11 is 3.22. The highest BCUT2D eigenvalue weighted by molar-refractivity contribution is 9.10. The predicted octanol–water partition coefficient (Wildman–Crippen LogP) is 4.59. The number of hydrogen-bond acceptors (Lipinski definition) is 2. The summed E-state index contributed by atoms with van der Waals surface area (Å²) in [5.41, 5.74) is -0.988. The molecule has 4 nitrogen and oxygen atoms in total. The van der Waals surface area contributed by atoms with Crippen LogP contribution in [0.1, 0.15) is 45.4 Å². The molecule has 23 heavy (non-hydrogen) atoms. The van der Waals surface area contributed by atoms with Crippen molar-refractivity contribution < 1.29 is 19.1 Å². The molecule has 1 aliphatic rings. The molecule has 126 valence electrons. The van der Waals surface area contributed by atoms with Crippen LogP contribution >= 0.6 is 15.9 Å². The van der Waals surface area contributed by atoms with Crippen LogP contribution < -0.4 is 5.32 Å².